The summed E-state index contributed by atoms with van der Waals surface area (Å²) >= 11 is 3.62. The van der Waals surface area contributed by atoms with Crippen molar-refractivity contribution >= 4 is 23.5 Å². The predicted octanol–water partition coefficient (Wildman–Crippen LogP) is 14.0. The first-order valence-electron chi connectivity index (χ1n) is 19.7. The Morgan fingerprint density at radius 2 is 0.979 bits per heavy atom. The van der Waals surface area contributed by atoms with Gasteiger partial charge in [0.05, 0.1) is 0 Å². The Hall–Kier alpha value is -1.26. The maximum Gasteiger partial charge on any atom is 0.120 e. The van der Waals surface area contributed by atoms with Crippen molar-refractivity contribution in [1.82, 2.24) is 0 Å². The van der Waals surface area contributed by atoms with Crippen LogP contribution in [-0.4, -0.2) is 22.7 Å². The molecule has 0 heterocycles. The van der Waals surface area contributed by atoms with E-state index in [-0.39, 0.29) is 0 Å². The van der Waals surface area contributed by atoms with Gasteiger partial charge in [-0.15, -0.1) is 23.5 Å². The van der Waals surface area contributed by atoms with Crippen molar-refractivity contribution in [2.75, 3.05) is 12.5 Å². The lowest BCUT2D eigenvalue weighted by Gasteiger charge is -2.38. The van der Waals surface area contributed by atoms with Crippen LogP contribution in [0.15, 0.2) is 34.1 Å². The number of aromatic hydroxyl groups is 2. The smallest absolute Gasteiger partial charge is 0.120 e. The summed E-state index contributed by atoms with van der Waals surface area (Å²) in [6.45, 7) is 18.6. The Bertz CT molecular complexity index is 1140. The fourth-order valence-corrected chi connectivity index (χ4v) is 10.4. The van der Waals surface area contributed by atoms with Crippen LogP contribution in [0.3, 0.4) is 0 Å². The zero-order chi connectivity index (χ0) is 35.4. The van der Waals surface area contributed by atoms with Crippen LogP contribution in [0.2, 0.25) is 0 Å². The molecule has 0 unspecified atom stereocenters. The molecule has 272 valence electrons. The number of aryl methyl sites for hydroxylation is 2. The Kier molecular flexibility index (Phi) is 17.6. The average Bonchev–Trinajstić information content (AvgIpc) is 3.04. The third-order valence-electron chi connectivity index (χ3n) is 11.7. The molecule has 0 aliphatic heterocycles. The minimum absolute atomic E-state index is 0.515. The lowest BCUT2D eigenvalue weighted by molar-refractivity contribution is 0.192. The molecule has 2 saturated carbocycles. The van der Waals surface area contributed by atoms with E-state index in [4.69, 9.17) is 0 Å². The third-order valence-corrected chi connectivity index (χ3v) is 13.3. The van der Waals surface area contributed by atoms with Crippen LogP contribution in [0.25, 0.3) is 0 Å². The summed E-state index contributed by atoms with van der Waals surface area (Å²) in [4.78, 5) is 2.62. The van der Waals surface area contributed by atoms with E-state index in [9.17, 15) is 10.2 Å². The number of phenolic OH excluding ortho intramolecular Hbond substituents is 2. The van der Waals surface area contributed by atoms with E-state index >= 15 is 0 Å². The molecule has 4 heteroatoms. The zero-order valence-corrected chi connectivity index (χ0v) is 34.2. The Labute approximate surface area is 305 Å². The van der Waals surface area contributed by atoms with Gasteiger partial charge in [0.1, 0.15) is 11.5 Å². The summed E-state index contributed by atoms with van der Waals surface area (Å²) in [5, 5.41) is 21.8. The summed E-state index contributed by atoms with van der Waals surface area (Å²) in [6.07, 6.45) is 21.7. The van der Waals surface area contributed by atoms with Crippen LogP contribution in [0, 0.1) is 35.5 Å². The number of unbranched alkanes of at least 4 members (excludes halogenated alkanes) is 4. The standard InChI is InChI=1S/2C22H36OS/c2*1-6-7-8-9-17-13-20(23)22(21(14-17)24-5)19-12-16(4)10-11-18(19)15(2)3/h2*13-16,18-19,23H,6-12H2,1-5H3/t16-,18+,19-;16-,18-,19+/m10/s1. The molecule has 0 bridgehead atoms. The van der Waals surface area contributed by atoms with Gasteiger partial charge >= 0.3 is 0 Å². The fourth-order valence-electron chi connectivity index (χ4n) is 8.93. The lowest BCUT2D eigenvalue weighted by atomic mass is 9.67. The molecule has 2 nitrogen and oxygen atoms in total. The Morgan fingerprint density at radius 1 is 0.604 bits per heavy atom. The molecule has 0 amide bonds. The van der Waals surface area contributed by atoms with Crippen LogP contribution < -0.4 is 0 Å². The van der Waals surface area contributed by atoms with Gasteiger partial charge in [0, 0.05) is 20.9 Å². The second-order valence-electron chi connectivity index (χ2n) is 16.2. The number of thioether (sulfide) groups is 2. The Morgan fingerprint density at radius 3 is 1.29 bits per heavy atom. The summed E-state index contributed by atoms with van der Waals surface area (Å²) < 4.78 is 0. The van der Waals surface area contributed by atoms with Crippen LogP contribution >= 0.6 is 23.5 Å². The Balaban J connectivity index is 0.000000260. The van der Waals surface area contributed by atoms with Gasteiger partial charge in [-0.1, -0.05) is 93.9 Å². The van der Waals surface area contributed by atoms with Crippen molar-refractivity contribution in [2.24, 2.45) is 35.5 Å². The van der Waals surface area contributed by atoms with E-state index in [0.29, 0.717) is 47.0 Å². The monoisotopic (exact) mass is 696 g/mol. The molecule has 2 fully saturated rings. The molecule has 0 aromatic heterocycles. The van der Waals surface area contributed by atoms with Crippen molar-refractivity contribution in [1.29, 1.82) is 0 Å². The molecule has 0 radical (unpaired) electrons. The molecule has 0 spiro atoms. The summed E-state index contributed by atoms with van der Waals surface area (Å²) in [7, 11) is 0. The molecule has 0 saturated heterocycles. The molecule has 2 aromatic carbocycles. The highest BCUT2D eigenvalue weighted by molar-refractivity contribution is 7.98. The van der Waals surface area contributed by atoms with Crippen LogP contribution in [0.1, 0.15) is 167 Å². The molecule has 2 aromatic rings. The quantitative estimate of drug-likeness (QED) is 0.152. The van der Waals surface area contributed by atoms with E-state index in [1.807, 2.05) is 23.5 Å². The maximum absolute atomic E-state index is 10.9. The van der Waals surface area contributed by atoms with Gasteiger partial charge in [-0.2, -0.15) is 0 Å². The molecule has 48 heavy (non-hydrogen) atoms. The maximum atomic E-state index is 10.9. The highest BCUT2D eigenvalue weighted by Gasteiger charge is 2.36. The first-order chi connectivity index (χ1) is 22.9. The largest absolute Gasteiger partial charge is 0.508 e. The first kappa shape index (κ1) is 41.2. The van der Waals surface area contributed by atoms with Gasteiger partial charge in [-0.25, -0.2) is 0 Å². The van der Waals surface area contributed by atoms with Gasteiger partial charge in [0.2, 0.25) is 0 Å². The predicted molar refractivity (Wildman–Crippen MR) is 214 cm³/mol. The lowest BCUT2D eigenvalue weighted by Crippen LogP contribution is -2.26. The van der Waals surface area contributed by atoms with E-state index in [0.717, 1.165) is 24.7 Å². The van der Waals surface area contributed by atoms with Crippen molar-refractivity contribution in [3.05, 3.63) is 46.5 Å². The first-order valence-corrected chi connectivity index (χ1v) is 22.2. The molecule has 2 N–H and O–H groups in total. The molecular weight excluding hydrogens is 625 g/mol. The number of phenols is 2. The van der Waals surface area contributed by atoms with Gasteiger partial charge in [0.15, 0.2) is 0 Å². The molecule has 2 aliphatic carbocycles. The topological polar surface area (TPSA) is 40.5 Å². The van der Waals surface area contributed by atoms with Crippen molar-refractivity contribution < 1.29 is 10.2 Å². The van der Waals surface area contributed by atoms with Gasteiger partial charge in [-0.05, 0) is 147 Å². The summed E-state index contributed by atoms with van der Waals surface area (Å²) in [5.74, 6) is 6.43. The minimum atomic E-state index is 0.515. The van der Waals surface area contributed by atoms with Crippen molar-refractivity contribution in [3.63, 3.8) is 0 Å². The zero-order valence-electron chi connectivity index (χ0n) is 32.5. The van der Waals surface area contributed by atoms with Crippen molar-refractivity contribution in [3.8, 4) is 11.5 Å². The number of rotatable bonds is 14. The summed E-state index contributed by atoms with van der Waals surface area (Å²) in [6, 6.07) is 8.82. The highest BCUT2D eigenvalue weighted by Crippen LogP contribution is 2.50. The van der Waals surface area contributed by atoms with Crippen molar-refractivity contribution in [2.45, 2.75) is 167 Å². The minimum Gasteiger partial charge on any atom is -0.508 e. The van der Waals surface area contributed by atoms with E-state index < -0.39 is 0 Å². The van der Waals surface area contributed by atoms with E-state index in [1.54, 1.807) is 0 Å². The van der Waals surface area contributed by atoms with Crippen LogP contribution in [0.5, 0.6) is 11.5 Å². The fraction of sp³-hybridized carbons (Fsp3) is 0.727. The van der Waals surface area contributed by atoms with Crippen LogP contribution in [-0.2, 0) is 12.8 Å². The number of benzene rings is 2. The molecular formula is C44H72O2S2. The van der Waals surface area contributed by atoms with Crippen LogP contribution in [0.4, 0.5) is 0 Å². The van der Waals surface area contributed by atoms with Gasteiger partial charge in [0.25, 0.3) is 0 Å². The van der Waals surface area contributed by atoms with E-state index in [1.165, 1.54) is 109 Å². The second kappa shape index (κ2) is 20.6. The summed E-state index contributed by atoms with van der Waals surface area (Å²) in [5.41, 5.74) is 5.09. The molecule has 2 aliphatic rings. The normalized spacial score (nSPS) is 24.5. The number of hydrogen-bond acceptors (Lipinski definition) is 4. The average molecular weight is 697 g/mol. The third kappa shape index (κ3) is 11.4. The van der Waals surface area contributed by atoms with E-state index in [2.05, 4.69) is 92.2 Å². The molecule has 6 atom stereocenters. The van der Waals surface area contributed by atoms with Gasteiger partial charge in [-0.3, -0.25) is 0 Å². The highest BCUT2D eigenvalue weighted by atomic mass is 32.2. The number of hydrogen-bond donors (Lipinski definition) is 2. The SMILES string of the molecule is CCCCCc1cc(O)c([C@@H]2C[C@@H](C)CC[C@H]2C(C)C)c(SC)c1.CCCCCc1cc(O)c([C@@H]2C[C@H](C)CC[C@H]2C(C)C)c(SC)c1. The molecule has 4 rings (SSSR count). The second-order valence-corrected chi connectivity index (χ2v) is 17.9. The van der Waals surface area contributed by atoms with Gasteiger partial charge < -0.3 is 10.2 Å².